The van der Waals surface area contributed by atoms with Crippen LogP contribution < -0.4 is 9.64 Å². The van der Waals surface area contributed by atoms with Crippen molar-refractivity contribution in [1.82, 2.24) is 9.97 Å². The fourth-order valence-electron chi connectivity index (χ4n) is 3.25. The van der Waals surface area contributed by atoms with Gasteiger partial charge in [0.05, 0.1) is 7.11 Å². The Morgan fingerprint density at radius 2 is 2.13 bits per heavy atom. The SMILES string of the molecule is COc1cccc2c(N3CCCC(CP(O)O)CC3)ncnc12. The van der Waals surface area contributed by atoms with Gasteiger partial charge >= 0.3 is 0 Å². The molecule has 2 N–H and O–H groups in total. The minimum atomic E-state index is -1.80. The first-order valence-electron chi connectivity index (χ1n) is 7.87. The molecule has 1 aliphatic heterocycles. The Bertz CT molecular complexity index is 668. The standard InChI is InChI=1S/C16H22N3O3P/c1-22-14-6-2-5-13-15(14)17-11-18-16(13)19-8-3-4-12(7-9-19)10-23(20)21/h2,5-6,11-12,20-21H,3-4,7-10H2,1H3. The lowest BCUT2D eigenvalue weighted by Crippen LogP contribution is -2.25. The zero-order valence-corrected chi connectivity index (χ0v) is 14.1. The summed E-state index contributed by atoms with van der Waals surface area (Å²) in [5, 5.41) is 0.997. The van der Waals surface area contributed by atoms with E-state index in [2.05, 4.69) is 14.9 Å². The third-order valence-corrected chi connectivity index (χ3v) is 5.24. The monoisotopic (exact) mass is 335 g/mol. The summed E-state index contributed by atoms with van der Waals surface area (Å²) < 4.78 is 5.39. The van der Waals surface area contributed by atoms with Crippen molar-refractivity contribution in [3.8, 4) is 5.75 Å². The Morgan fingerprint density at radius 3 is 2.91 bits per heavy atom. The highest BCUT2D eigenvalue weighted by Gasteiger charge is 2.21. The number of fused-ring (bicyclic) bond motifs is 1. The van der Waals surface area contributed by atoms with E-state index in [1.54, 1.807) is 13.4 Å². The maximum atomic E-state index is 9.25. The molecule has 1 fully saturated rings. The lowest BCUT2D eigenvalue weighted by Gasteiger charge is -2.23. The number of benzene rings is 1. The molecular weight excluding hydrogens is 313 g/mol. The molecule has 6 nitrogen and oxygen atoms in total. The van der Waals surface area contributed by atoms with Crippen LogP contribution in [0.5, 0.6) is 5.75 Å². The van der Waals surface area contributed by atoms with Crippen molar-refractivity contribution >= 4 is 25.1 Å². The molecule has 0 saturated carbocycles. The molecule has 2 heterocycles. The molecule has 1 aliphatic rings. The van der Waals surface area contributed by atoms with Crippen molar-refractivity contribution in [2.75, 3.05) is 31.3 Å². The fourth-order valence-corrected chi connectivity index (χ4v) is 4.08. The molecule has 124 valence electrons. The van der Waals surface area contributed by atoms with Gasteiger partial charge in [-0.25, -0.2) is 9.97 Å². The van der Waals surface area contributed by atoms with E-state index in [1.807, 2.05) is 18.2 Å². The van der Waals surface area contributed by atoms with Crippen LogP contribution in [-0.4, -0.2) is 46.1 Å². The van der Waals surface area contributed by atoms with Crippen LogP contribution in [0.1, 0.15) is 19.3 Å². The average molecular weight is 335 g/mol. The number of anilines is 1. The van der Waals surface area contributed by atoms with Crippen molar-refractivity contribution in [2.45, 2.75) is 19.3 Å². The first-order valence-corrected chi connectivity index (χ1v) is 9.30. The fraction of sp³-hybridized carbons (Fsp3) is 0.500. The van der Waals surface area contributed by atoms with E-state index >= 15 is 0 Å². The highest BCUT2D eigenvalue weighted by atomic mass is 31.2. The third kappa shape index (κ3) is 3.71. The van der Waals surface area contributed by atoms with Crippen molar-refractivity contribution in [2.24, 2.45) is 5.92 Å². The van der Waals surface area contributed by atoms with Gasteiger partial charge in [-0.05, 0) is 37.3 Å². The number of hydrogen-bond donors (Lipinski definition) is 2. The highest BCUT2D eigenvalue weighted by molar-refractivity contribution is 7.45. The minimum absolute atomic E-state index is 0.378. The van der Waals surface area contributed by atoms with Gasteiger partial charge in [-0.1, -0.05) is 6.07 Å². The van der Waals surface area contributed by atoms with E-state index < -0.39 is 8.38 Å². The van der Waals surface area contributed by atoms with Crippen LogP contribution in [0.4, 0.5) is 5.82 Å². The summed E-state index contributed by atoms with van der Waals surface area (Å²) in [6.07, 6.45) is 5.12. The van der Waals surface area contributed by atoms with Gasteiger partial charge in [0, 0.05) is 24.6 Å². The van der Waals surface area contributed by atoms with Gasteiger partial charge in [0.2, 0.25) is 0 Å². The molecule has 0 bridgehead atoms. The summed E-state index contributed by atoms with van der Waals surface area (Å²) in [5.74, 6) is 2.07. The predicted octanol–water partition coefficient (Wildman–Crippen LogP) is 2.54. The Labute approximate surface area is 137 Å². The highest BCUT2D eigenvalue weighted by Crippen LogP contribution is 2.34. The normalized spacial score (nSPS) is 19.1. The van der Waals surface area contributed by atoms with E-state index in [9.17, 15) is 9.79 Å². The first-order chi connectivity index (χ1) is 11.2. The molecular formula is C16H22N3O3P. The van der Waals surface area contributed by atoms with E-state index in [-0.39, 0.29) is 0 Å². The van der Waals surface area contributed by atoms with Crippen molar-refractivity contribution in [3.63, 3.8) is 0 Å². The Morgan fingerprint density at radius 1 is 1.26 bits per heavy atom. The summed E-state index contributed by atoms with van der Waals surface area (Å²) in [6.45, 7) is 1.80. The summed E-state index contributed by atoms with van der Waals surface area (Å²) in [5.41, 5.74) is 0.829. The maximum Gasteiger partial charge on any atom is 0.165 e. The van der Waals surface area contributed by atoms with Gasteiger partial charge in [0.1, 0.15) is 23.4 Å². The van der Waals surface area contributed by atoms with Crippen LogP contribution in [0.15, 0.2) is 24.5 Å². The number of hydrogen-bond acceptors (Lipinski definition) is 6. The molecule has 3 rings (SSSR count). The molecule has 1 aromatic carbocycles. The number of methoxy groups -OCH3 is 1. The second kappa shape index (κ2) is 7.39. The smallest absolute Gasteiger partial charge is 0.165 e. The van der Waals surface area contributed by atoms with Gasteiger partial charge in [-0.3, -0.25) is 0 Å². The summed E-state index contributed by atoms with van der Waals surface area (Å²) in [4.78, 5) is 29.6. The van der Waals surface area contributed by atoms with Crippen LogP contribution in [0.3, 0.4) is 0 Å². The molecule has 23 heavy (non-hydrogen) atoms. The Balaban J connectivity index is 1.86. The predicted molar refractivity (Wildman–Crippen MR) is 91.9 cm³/mol. The van der Waals surface area contributed by atoms with E-state index in [1.165, 1.54) is 0 Å². The number of rotatable bonds is 4. The van der Waals surface area contributed by atoms with Crippen LogP contribution in [0.2, 0.25) is 0 Å². The van der Waals surface area contributed by atoms with Crippen molar-refractivity contribution < 1.29 is 14.5 Å². The molecule has 1 atom stereocenters. The Kier molecular flexibility index (Phi) is 5.26. The quantitative estimate of drug-likeness (QED) is 0.836. The molecule has 0 spiro atoms. The van der Waals surface area contributed by atoms with Crippen molar-refractivity contribution in [3.05, 3.63) is 24.5 Å². The van der Waals surface area contributed by atoms with Crippen LogP contribution in [0, 0.1) is 5.92 Å². The Hall–Kier alpha value is -1.49. The lowest BCUT2D eigenvalue weighted by atomic mass is 10.0. The lowest BCUT2D eigenvalue weighted by molar-refractivity contribution is 0.419. The van der Waals surface area contributed by atoms with E-state index in [0.29, 0.717) is 12.1 Å². The van der Waals surface area contributed by atoms with Crippen LogP contribution in [-0.2, 0) is 0 Å². The minimum Gasteiger partial charge on any atom is -0.494 e. The molecule has 0 radical (unpaired) electrons. The topological polar surface area (TPSA) is 78.7 Å². The molecule has 2 aromatic rings. The van der Waals surface area contributed by atoms with Crippen molar-refractivity contribution in [1.29, 1.82) is 0 Å². The number of ether oxygens (including phenoxy) is 1. The summed E-state index contributed by atoms with van der Waals surface area (Å²) >= 11 is 0. The number of para-hydroxylation sites is 1. The summed E-state index contributed by atoms with van der Waals surface area (Å²) in [7, 11) is -0.151. The van der Waals surface area contributed by atoms with Gasteiger partial charge in [-0.15, -0.1) is 0 Å². The average Bonchev–Trinajstić information content (AvgIpc) is 2.78. The maximum absolute atomic E-state index is 9.25. The second-order valence-electron chi connectivity index (χ2n) is 5.89. The summed E-state index contributed by atoms with van der Waals surface area (Å²) in [6, 6.07) is 5.89. The molecule has 1 unspecified atom stereocenters. The van der Waals surface area contributed by atoms with Gasteiger partial charge in [0.15, 0.2) is 8.38 Å². The van der Waals surface area contributed by atoms with Crippen LogP contribution in [0.25, 0.3) is 10.9 Å². The zero-order chi connectivity index (χ0) is 16.2. The van der Waals surface area contributed by atoms with Crippen LogP contribution >= 0.6 is 8.38 Å². The molecule has 0 aliphatic carbocycles. The molecule has 7 heteroatoms. The van der Waals surface area contributed by atoms with Gasteiger partial charge in [0.25, 0.3) is 0 Å². The van der Waals surface area contributed by atoms with Gasteiger partial charge < -0.3 is 19.4 Å². The van der Waals surface area contributed by atoms with Gasteiger partial charge in [-0.2, -0.15) is 0 Å². The zero-order valence-electron chi connectivity index (χ0n) is 13.2. The largest absolute Gasteiger partial charge is 0.494 e. The number of aromatic nitrogens is 2. The number of nitrogens with zero attached hydrogens (tertiary/aromatic N) is 3. The molecule has 1 saturated heterocycles. The molecule has 1 aromatic heterocycles. The second-order valence-corrected chi connectivity index (χ2v) is 7.00. The third-order valence-electron chi connectivity index (χ3n) is 4.40. The van der Waals surface area contributed by atoms with E-state index in [0.717, 1.165) is 54.8 Å². The molecule has 0 amide bonds. The first kappa shape index (κ1) is 16.4. The van der Waals surface area contributed by atoms with E-state index in [4.69, 9.17) is 4.74 Å².